The summed E-state index contributed by atoms with van der Waals surface area (Å²) in [5, 5.41) is 7.92. The molecule has 0 N–H and O–H groups in total. The lowest BCUT2D eigenvalue weighted by Gasteiger charge is -2.11. The highest BCUT2D eigenvalue weighted by molar-refractivity contribution is 5.08. The van der Waals surface area contributed by atoms with Crippen molar-refractivity contribution >= 4 is 0 Å². The molecule has 14 heavy (non-hydrogen) atoms. The summed E-state index contributed by atoms with van der Waals surface area (Å²) in [4.78, 5) is 0. The van der Waals surface area contributed by atoms with Gasteiger partial charge in [0.15, 0.2) is 0 Å². The second-order valence-corrected chi connectivity index (χ2v) is 2.71. The molecule has 2 aliphatic heterocycles. The van der Waals surface area contributed by atoms with Crippen molar-refractivity contribution in [3.8, 4) is 0 Å². The van der Waals surface area contributed by atoms with Gasteiger partial charge in [0.1, 0.15) is 0 Å². The Kier molecular flexibility index (Phi) is 2.76. The van der Waals surface area contributed by atoms with Crippen molar-refractivity contribution in [2.45, 2.75) is 12.5 Å². The van der Waals surface area contributed by atoms with Crippen molar-refractivity contribution in [2.24, 2.45) is 10.2 Å². The fourth-order valence-electron chi connectivity index (χ4n) is 1.01. The summed E-state index contributed by atoms with van der Waals surface area (Å²) in [5.41, 5.74) is 0. The minimum Gasteiger partial charge on any atom is -0.471 e. The van der Waals surface area contributed by atoms with E-state index in [2.05, 4.69) is 10.2 Å². The monoisotopic (exact) mass is 190 g/mol. The molecular formula is C10H10N2O2. The maximum Gasteiger partial charge on any atom is 0.227 e. The van der Waals surface area contributed by atoms with Crippen LogP contribution in [0.3, 0.4) is 0 Å². The van der Waals surface area contributed by atoms with Crippen molar-refractivity contribution in [3.63, 3.8) is 0 Å². The van der Waals surface area contributed by atoms with E-state index in [1.54, 1.807) is 24.7 Å². The number of ether oxygens (including phenoxy) is 2. The smallest absolute Gasteiger partial charge is 0.227 e. The Bertz CT molecular complexity index is 297. The summed E-state index contributed by atoms with van der Waals surface area (Å²) in [5.74, 6) is 0. The van der Waals surface area contributed by atoms with E-state index in [-0.39, 0.29) is 12.5 Å². The lowest BCUT2D eigenvalue weighted by molar-refractivity contribution is 0.153. The average Bonchev–Trinajstić information content (AvgIpc) is 2.29. The third-order valence-electron chi connectivity index (χ3n) is 1.66. The highest BCUT2D eigenvalue weighted by atomic mass is 16.5. The predicted molar refractivity (Wildman–Crippen MR) is 51.2 cm³/mol. The molecule has 0 bridgehead atoms. The van der Waals surface area contributed by atoms with Gasteiger partial charge in [-0.2, -0.15) is 0 Å². The van der Waals surface area contributed by atoms with Crippen LogP contribution in [0.5, 0.6) is 0 Å². The van der Waals surface area contributed by atoms with Crippen molar-refractivity contribution < 1.29 is 9.47 Å². The molecule has 2 heterocycles. The highest BCUT2D eigenvalue weighted by Gasteiger charge is 2.06. The fraction of sp³-hybridized carbons (Fsp3) is 0.200. The van der Waals surface area contributed by atoms with Gasteiger partial charge in [0.2, 0.25) is 12.5 Å². The van der Waals surface area contributed by atoms with Crippen LogP contribution >= 0.6 is 0 Å². The van der Waals surface area contributed by atoms with Crippen molar-refractivity contribution in [1.29, 1.82) is 0 Å². The molecule has 0 radical (unpaired) electrons. The van der Waals surface area contributed by atoms with E-state index in [0.717, 1.165) is 0 Å². The molecule has 0 saturated carbocycles. The molecule has 0 aromatic heterocycles. The molecule has 2 atom stereocenters. The van der Waals surface area contributed by atoms with Crippen molar-refractivity contribution in [1.82, 2.24) is 0 Å². The zero-order valence-electron chi connectivity index (χ0n) is 7.48. The van der Waals surface area contributed by atoms with Gasteiger partial charge in [0.05, 0.1) is 12.5 Å². The first kappa shape index (κ1) is 8.74. The van der Waals surface area contributed by atoms with Crippen LogP contribution in [0.2, 0.25) is 0 Å². The van der Waals surface area contributed by atoms with Gasteiger partial charge in [0, 0.05) is 0 Å². The van der Waals surface area contributed by atoms with Gasteiger partial charge < -0.3 is 9.47 Å². The Morgan fingerprint density at radius 1 is 0.714 bits per heavy atom. The van der Waals surface area contributed by atoms with E-state index in [1.165, 1.54) is 0 Å². The maximum absolute atomic E-state index is 5.14. The van der Waals surface area contributed by atoms with Crippen molar-refractivity contribution in [2.75, 3.05) is 0 Å². The average molecular weight is 190 g/mol. The Morgan fingerprint density at radius 2 is 1.21 bits per heavy atom. The third-order valence-corrected chi connectivity index (χ3v) is 1.66. The first-order valence-corrected chi connectivity index (χ1v) is 4.33. The van der Waals surface area contributed by atoms with Gasteiger partial charge in [-0.15, -0.1) is 10.2 Å². The second-order valence-electron chi connectivity index (χ2n) is 2.71. The fourth-order valence-corrected chi connectivity index (χ4v) is 1.01. The molecule has 2 aliphatic rings. The van der Waals surface area contributed by atoms with Gasteiger partial charge in [0.25, 0.3) is 0 Å². The van der Waals surface area contributed by atoms with Crippen LogP contribution < -0.4 is 0 Å². The van der Waals surface area contributed by atoms with E-state index in [1.807, 2.05) is 24.3 Å². The van der Waals surface area contributed by atoms with Gasteiger partial charge >= 0.3 is 0 Å². The quantitative estimate of drug-likeness (QED) is 0.627. The molecule has 0 saturated heterocycles. The summed E-state index contributed by atoms with van der Waals surface area (Å²) in [6, 6.07) is 0. The lowest BCUT2D eigenvalue weighted by Crippen LogP contribution is -2.08. The van der Waals surface area contributed by atoms with Gasteiger partial charge in [-0.05, 0) is 24.3 Å². The topological polar surface area (TPSA) is 43.2 Å². The Morgan fingerprint density at radius 3 is 1.57 bits per heavy atom. The van der Waals surface area contributed by atoms with Gasteiger partial charge in [-0.3, -0.25) is 0 Å². The summed E-state index contributed by atoms with van der Waals surface area (Å²) < 4.78 is 10.3. The van der Waals surface area contributed by atoms with Crippen LogP contribution in [-0.4, -0.2) is 12.5 Å². The summed E-state index contributed by atoms with van der Waals surface area (Å²) in [6.45, 7) is 0. The molecular weight excluding hydrogens is 180 g/mol. The summed E-state index contributed by atoms with van der Waals surface area (Å²) in [7, 11) is 0. The molecule has 0 aromatic rings. The molecule has 2 rings (SSSR count). The number of nitrogens with zero attached hydrogens (tertiary/aromatic N) is 2. The molecule has 0 amide bonds. The van der Waals surface area contributed by atoms with E-state index in [9.17, 15) is 0 Å². The van der Waals surface area contributed by atoms with Crippen LogP contribution in [0.15, 0.2) is 59.2 Å². The van der Waals surface area contributed by atoms with Crippen LogP contribution in [0.25, 0.3) is 0 Å². The predicted octanol–water partition coefficient (Wildman–Crippen LogP) is 2.29. The summed E-state index contributed by atoms with van der Waals surface area (Å²) >= 11 is 0. The number of hydrogen-bond acceptors (Lipinski definition) is 4. The minimum absolute atomic E-state index is 0.331. The van der Waals surface area contributed by atoms with Crippen LogP contribution in [0.1, 0.15) is 0 Å². The van der Waals surface area contributed by atoms with Crippen molar-refractivity contribution in [3.05, 3.63) is 49.0 Å². The largest absolute Gasteiger partial charge is 0.471 e. The van der Waals surface area contributed by atoms with Crippen LogP contribution in [-0.2, 0) is 9.47 Å². The molecule has 0 aliphatic carbocycles. The van der Waals surface area contributed by atoms with E-state index < -0.39 is 0 Å². The Hall–Kier alpha value is -1.84. The van der Waals surface area contributed by atoms with Crippen LogP contribution in [0.4, 0.5) is 0 Å². The second kappa shape index (κ2) is 4.41. The molecule has 72 valence electrons. The standard InChI is InChI=1S/C10H10N2O2/c1-3-7-13-9(5-1)11-12-10-6-2-4-8-14-10/h1-10H/b12-11+. The number of hydrogen-bond donors (Lipinski definition) is 0. The molecule has 0 aromatic carbocycles. The number of azo groups is 1. The first-order valence-electron chi connectivity index (χ1n) is 4.33. The molecule has 0 fully saturated rings. The Balaban J connectivity index is 1.87. The lowest BCUT2D eigenvalue weighted by atomic mass is 10.4. The zero-order chi connectivity index (χ0) is 9.64. The Labute approximate surface area is 81.9 Å². The minimum atomic E-state index is -0.331. The SMILES string of the molecule is C1=COC(/N=N/C2C=CC=CO2)C=C1. The maximum atomic E-state index is 5.14. The summed E-state index contributed by atoms with van der Waals surface area (Å²) in [6.07, 6.45) is 13.5. The normalized spacial score (nSPS) is 29.1. The third kappa shape index (κ3) is 2.32. The number of rotatable bonds is 2. The molecule has 4 heteroatoms. The molecule has 4 nitrogen and oxygen atoms in total. The highest BCUT2D eigenvalue weighted by Crippen LogP contribution is 2.08. The van der Waals surface area contributed by atoms with Gasteiger partial charge in [-0.1, -0.05) is 12.2 Å². The molecule has 0 spiro atoms. The first-order chi connectivity index (χ1) is 6.95. The number of allylic oxidation sites excluding steroid dienone is 4. The molecule has 2 unspecified atom stereocenters. The van der Waals surface area contributed by atoms with E-state index in [0.29, 0.717) is 0 Å². The van der Waals surface area contributed by atoms with E-state index >= 15 is 0 Å². The zero-order valence-corrected chi connectivity index (χ0v) is 7.48. The van der Waals surface area contributed by atoms with Gasteiger partial charge in [-0.25, -0.2) is 0 Å². The van der Waals surface area contributed by atoms with E-state index in [4.69, 9.17) is 9.47 Å². The van der Waals surface area contributed by atoms with Crippen LogP contribution in [0, 0.1) is 0 Å².